The van der Waals surface area contributed by atoms with E-state index >= 15 is 0 Å². The molecule has 106 valence electrons. The fraction of sp³-hybridized carbons (Fsp3) is 0.692. The van der Waals surface area contributed by atoms with Gasteiger partial charge in [-0.3, -0.25) is 0 Å². The van der Waals surface area contributed by atoms with Crippen LogP contribution in [0.4, 0.5) is 11.6 Å². The predicted octanol–water partition coefficient (Wildman–Crippen LogP) is 1.33. The number of hydrogen-bond acceptors (Lipinski definition) is 6. The van der Waals surface area contributed by atoms with E-state index in [2.05, 4.69) is 27.2 Å². The second kappa shape index (κ2) is 6.68. The van der Waals surface area contributed by atoms with Crippen molar-refractivity contribution in [2.45, 2.75) is 38.7 Å². The van der Waals surface area contributed by atoms with E-state index < -0.39 is 0 Å². The number of nitrogens with zero attached hydrogens (tertiary/aromatic N) is 3. The van der Waals surface area contributed by atoms with E-state index in [0.717, 1.165) is 56.0 Å². The monoisotopic (exact) mass is 265 g/mol. The highest BCUT2D eigenvalue weighted by Gasteiger charge is 2.22. The summed E-state index contributed by atoms with van der Waals surface area (Å²) in [6.45, 7) is 4.08. The summed E-state index contributed by atoms with van der Waals surface area (Å²) in [6.07, 6.45) is 6.00. The molecule has 0 amide bonds. The largest absolute Gasteiger partial charge is 0.381 e. The SMILES string of the molecule is CCCc1c(NN)ncnc1N1CCC(OC)CC1. The van der Waals surface area contributed by atoms with Crippen molar-refractivity contribution in [3.05, 3.63) is 11.9 Å². The molecule has 1 aliphatic heterocycles. The lowest BCUT2D eigenvalue weighted by Gasteiger charge is -2.33. The summed E-state index contributed by atoms with van der Waals surface area (Å²) in [5.41, 5.74) is 3.79. The summed E-state index contributed by atoms with van der Waals surface area (Å²) >= 11 is 0. The average Bonchev–Trinajstić information content (AvgIpc) is 2.48. The standard InChI is InChI=1S/C13H23N5O/c1-3-4-11-12(17-14)15-9-16-13(11)18-7-5-10(19-2)6-8-18/h9-10H,3-8,14H2,1-2H3,(H,15,16,17). The number of aromatic nitrogens is 2. The fourth-order valence-corrected chi connectivity index (χ4v) is 2.58. The van der Waals surface area contributed by atoms with Crippen LogP contribution in [0.5, 0.6) is 0 Å². The Morgan fingerprint density at radius 3 is 2.74 bits per heavy atom. The number of nitrogen functional groups attached to an aromatic ring is 1. The predicted molar refractivity (Wildman–Crippen MR) is 76.1 cm³/mol. The highest BCUT2D eigenvalue weighted by molar-refractivity contribution is 5.58. The summed E-state index contributed by atoms with van der Waals surface area (Å²) in [5.74, 6) is 7.29. The molecule has 1 aliphatic rings. The molecule has 1 fully saturated rings. The first kappa shape index (κ1) is 14.0. The Bertz CT molecular complexity index is 404. The number of ether oxygens (including phenoxy) is 1. The van der Waals surface area contributed by atoms with Gasteiger partial charge in [-0.05, 0) is 19.3 Å². The summed E-state index contributed by atoms with van der Waals surface area (Å²) < 4.78 is 5.41. The molecule has 2 rings (SSSR count). The lowest BCUT2D eigenvalue weighted by molar-refractivity contribution is 0.0817. The molecule has 0 unspecified atom stereocenters. The van der Waals surface area contributed by atoms with Gasteiger partial charge in [-0.1, -0.05) is 13.3 Å². The van der Waals surface area contributed by atoms with Crippen LogP contribution in [0.2, 0.25) is 0 Å². The van der Waals surface area contributed by atoms with Crippen molar-refractivity contribution >= 4 is 11.6 Å². The Morgan fingerprint density at radius 2 is 2.16 bits per heavy atom. The molecular weight excluding hydrogens is 242 g/mol. The molecule has 1 aromatic rings. The molecule has 2 heterocycles. The number of rotatable bonds is 5. The third-order valence-electron chi connectivity index (χ3n) is 3.63. The zero-order valence-electron chi connectivity index (χ0n) is 11.7. The minimum absolute atomic E-state index is 0.375. The van der Waals surface area contributed by atoms with Gasteiger partial charge in [0.15, 0.2) is 0 Å². The van der Waals surface area contributed by atoms with E-state index in [1.807, 2.05) is 0 Å². The highest BCUT2D eigenvalue weighted by Crippen LogP contribution is 2.27. The van der Waals surface area contributed by atoms with Crippen molar-refractivity contribution in [3.8, 4) is 0 Å². The van der Waals surface area contributed by atoms with Gasteiger partial charge in [-0.15, -0.1) is 0 Å². The second-order valence-corrected chi connectivity index (χ2v) is 4.84. The number of nitrogens with two attached hydrogens (primary N) is 1. The van der Waals surface area contributed by atoms with E-state index in [1.54, 1.807) is 13.4 Å². The zero-order chi connectivity index (χ0) is 13.7. The molecular formula is C13H23N5O. The van der Waals surface area contributed by atoms with Gasteiger partial charge in [0.2, 0.25) is 0 Å². The molecule has 1 aromatic heterocycles. The summed E-state index contributed by atoms with van der Waals surface area (Å²) in [4.78, 5) is 11.0. The Balaban J connectivity index is 2.19. The van der Waals surface area contributed by atoms with Crippen molar-refractivity contribution in [2.75, 3.05) is 30.5 Å². The molecule has 1 saturated heterocycles. The number of anilines is 2. The number of nitrogens with one attached hydrogen (secondary N) is 1. The Labute approximate surface area is 114 Å². The smallest absolute Gasteiger partial charge is 0.148 e. The number of methoxy groups -OCH3 is 1. The van der Waals surface area contributed by atoms with Crippen LogP contribution >= 0.6 is 0 Å². The van der Waals surface area contributed by atoms with Crippen molar-refractivity contribution in [2.24, 2.45) is 5.84 Å². The van der Waals surface area contributed by atoms with Crippen LogP contribution in [-0.2, 0) is 11.2 Å². The van der Waals surface area contributed by atoms with E-state index in [1.165, 1.54) is 0 Å². The molecule has 19 heavy (non-hydrogen) atoms. The molecule has 0 radical (unpaired) electrons. The maximum atomic E-state index is 5.54. The summed E-state index contributed by atoms with van der Waals surface area (Å²) in [7, 11) is 1.78. The van der Waals surface area contributed by atoms with Crippen LogP contribution in [-0.4, -0.2) is 36.3 Å². The summed E-state index contributed by atoms with van der Waals surface area (Å²) in [6, 6.07) is 0. The molecule has 6 heteroatoms. The molecule has 0 aromatic carbocycles. The van der Waals surface area contributed by atoms with Gasteiger partial charge in [0.05, 0.1) is 6.10 Å². The van der Waals surface area contributed by atoms with Crippen LogP contribution in [0.25, 0.3) is 0 Å². The van der Waals surface area contributed by atoms with E-state index in [9.17, 15) is 0 Å². The molecule has 0 bridgehead atoms. The molecule has 6 nitrogen and oxygen atoms in total. The van der Waals surface area contributed by atoms with Gasteiger partial charge in [0, 0.05) is 25.8 Å². The lowest BCUT2D eigenvalue weighted by Crippen LogP contribution is -2.38. The van der Waals surface area contributed by atoms with Crippen molar-refractivity contribution in [3.63, 3.8) is 0 Å². The first-order valence-corrected chi connectivity index (χ1v) is 6.88. The van der Waals surface area contributed by atoms with Crippen LogP contribution in [0, 0.1) is 0 Å². The first-order valence-electron chi connectivity index (χ1n) is 6.88. The Kier molecular flexibility index (Phi) is 4.93. The second-order valence-electron chi connectivity index (χ2n) is 4.84. The van der Waals surface area contributed by atoms with Crippen LogP contribution in [0.3, 0.4) is 0 Å². The number of piperidine rings is 1. The minimum atomic E-state index is 0.375. The van der Waals surface area contributed by atoms with Crippen LogP contribution < -0.4 is 16.2 Å². The van der Waals surface area contributed by atoms with Crippen LogP contribution in [0.1, 0.15) is 31.7 Å². The lowest BCUT2D eigenvalue weighted by atomic mass is 10.1. The molecule has 0 saturated carbocycles. The third-order valence-corrected chi connectivity index (χ3v) is 3.63. The average molecular weight is 265 g/mol. The minimum Gasteiger partial charge on any atom is -0.381 e. The molecule has 0 atom stereocenters. The maximum absolute atomic E-state index is 5.54. The van der Waals surface area contributed by atoms with E-state index in [4.69, 9.17) is 10.6 Å². The normalized spacial score (nSPS) is 16.7. The summed E-state index contributed by atoms with van der Waals surface area (Å²) in [5, 5.41) is 0. The quantitative estimate of drug-likeness (QED) is 0.618. The first-order chi connectivity index (χ1) is 9.30. The topological polar surface area (TPSA) is 76.3 Å². The Hall–Kier alpha value is -1.40. The van der Waals surface area contributed by atoms with Crippen molar-refractivity contribution in [1.29, 1.82) is 0 Å². The fourth-order valence-electron chi connectivity index (χ4n) is 2.58. The molecule has 0 aliphatic carbocycles. The van der Waals surface area contributed by atoms with Gasteiger partial charge < -0.3 is 15.1 Å². The molecule has 0 spiro atoms. The van der Waals surface area contributed by atoms with Gasteiger partial charge >= 0.3 is 0 Å². The zero-order valence-corrected chi connectivity index (χ0v) is 11.7. The molecule has 3 N–H and O–H groups in total. The van der Waals surface area contributed by atoms with E-state index in [-0.39, 0.29) is 0 Å². The number of hydrazine groups is 1. The van der Waals surface area contributed by atoms with Gasteiger partial charge in [0.1, 0.15) is 18.0 Å². The van der Waals surface area contributed by atoms with Gasteiger partial charge in [0.25, 0.3) is 0 Å². The number of hydrogen-bond donors (Lipinski definition) is 2. The van der Waals surface area contributed by atoms with Gasteiger partial charge in [-0.2, -0.15) is 0 Å². The highest BCUT2D eigenvalue weighted by atomic mass is 16.5. The third kappa shape index (κ3) is 3.13. The van der Waals surface area contributed by atoms with E-state index in [0.29, 0.717) is 6.10 Å². The maximum Gasteiger partial charge on any atom is 0.148 e. The Morgan fingerprint density at radius 1 is 1.42 bits per heavy atom. The van der Waals surface area contributed by atoms with Crippen LogP contribution in [0.15, 0.2) is 6.33 Å². The van der Waals surface area contributed by atoms with Gasteiger partial charge in [-0.25, -0.2) is 15.8 Å². The van der Waals surface area contributed by atoms with Crippen molar-refractivity contribution < 1.29 is 4.74 Å². The van der Waals surface area contributed by atoms with Crippen molar-refractivity contribution in [1.82, 2.24) is 9.97 Å².